The molecule has 1 atom stereocenters. The summed E-state index contributed by atoms with van der Waals surface area (Å²) < 4.78 is 0. The summed E-state index contributed by atoms with van der Waals surface area (Å²) in [6.07, 6.45) is 5.24. The van der Waals surface area contributed by atoms with Crippen molar-refractivity contribution in [2.24, 2.45) is 5.92 Å². The molecule has 2 rings (SSSR count). The summed E-state index contributed by atoms with van der Waals surface area (Å²) in [6.45, 7) is 0.909. The maximum Gasteiger partial charge on any atom is 0.303 e. The highest BCUT2D eigenvalue weighted by atomic mass is 16.4. The van der Waals surface area contributed by atoms with Crippen molar-refractivity contribution in [1.82, 2.24) is 5.32 Å². The van der Waals surface area contributed by atoms with Crippen LogP contribution in [0.3, 0.4) is 0 Å². The van der Waals surface area contributed by atoms with E-state index in [0.29, 0.717) is 17.9 Å². The summed E-state index contributed by atoms with van der Waals surface area (Å²) in [7, 11) is 0. The van der Waals surface area contributed by atoms with Gasteiger partial charge in [-0.25, -0.2) is 0 Å². The molecule has 1 saturated heterocycles. The largest absolute Gasteiger partial charge is 0.481 e. The predicted octanol–water partition coefficient (Wildman–Crippen LogP) is 0.993. The van der Waals surface area contributed by atoms with Crippen molar-refractivity contribution in [3.63, 3.8) is 0 Å². The first-order valence-corrected chi connectivity index (χ1v) is 4.67. The minimum absolute atomic E-state index is 0.342. The summed E-state index contributed by atoms with van der Waals surface area (Å²) in [5.41, 5.74) is 0.361. The van der Waals surface area contributed by atoms with E-state index in [-0.39, 0.29) is 0 Å². The molecule has 2 aliphatic rings. The van der Waals surface area contributed by atoms with Gasteiger partial charge in [-0.05, 0) is 38.1 Å². The van der Waals surface area contributed by atoms with Gasteiger partial charge in [-0.15, -0.1) is 0 Å². The fraction of sp³-hybridized carbons (Fsp3) is 0.889. The van der Waals surface area contributed by atoms with Crippen LogP contribution in [-0.4, -0.2) is 23.2 Å². The lowest BCUT2D eigenvalue weighted by Gasteiger charge is -2.38. The van der Waals surface area contributed by atoms with E-state index in [0.717, 1.165) is 13.0 Å². The van der Waals surface area contributed by atoms with Gasteiger partial charge in [0.1, 0.15) is 0 Å². The van der Waals surface area contributed by atoms with Crippen LogP contribution in [0.4, 0.5) is 0 Å². The molecule has 1 aliphatic carbocycles. The van der Waals surface area contributed by atoms with Crippen molar-refractivity contribution in [3.05, 3.63) is 0 Å². The number of carbonyl (C=O) groups is 1. The molecule has 3 nitrogen and oxygen atoms in total. The van der Waals surface area contributed by atoms with Crippen molar-refractivity contribution < 1.29 is 9.90 Å². The van der Waals surface area contributed by atoms with E-state index in [4.69, 9.17) is 5.11 Å². The van der Waals surface area contributed by atoms with Gasteiger partial charge in [0.25, 0.3) is 0 Å². The Morgan fingerprint density at radius 2 is 2.33 bits per heavy atom. The Labute approximate surface area is 72.2 Å². The summed E-state index contributed by atoms with van der Waals surface area (Å²) >= 11 is 0. The molecule has 68 valence electrons. The van der Waals surface area contributed by atoms with Gasteiger partial charge in [0.15, 0.2) is 0 Å². The number of rotatable bonds is 2. The number of nitrogens with one attached hydrogen (secondary N) is 1. The molecule has 0 aromatic carbocycles. The van der Waals surface area contributed by atoms with E-state index in [1.165, 1.54) is 19.3 Å². The number of carboxylic acid groups (broad SMARTS) is 1. The van der Waals surface area contributed by atoms with Crippen LogP contribution in [0.15, 0.2) is 0 Å². The number of aliphatic carboxylic acids is 1. The molecule has 1 saturated carbocycles. The van der Waals surface area contributed by atoms with Gasteiger partial charge < -0.3 is 10.4 Å². The van der Waals surface area contributed by atoms with Crippen molar-refractivity contribution in [3.8, 4) is 0 Å². The van der Waals surface area contributed by atoms with Crippen LogP contribution in [-0.2, 0) is 4.79 Å². The van der Waals surface area contributed by atoms with Gasteiger partial charge in [0, 0.05) is 12.0 Å². The fourth-order valence-corrected chi connectivity index (χ4v) is 2.43. The van der Waals surface area contributed by atoms with Crippen molar-refractivity contribution in [1.29, 1.82) is 0 Å². The Morgan fingerprint density at radius 1 is 1.58 bits per heavy atom. The van der Waals surface area contributed by atoms with E-state index >= 15 is 0 Å². The number of hydrogen-bond donors (Lipinski definition) is 2. The van der Waals surface area contributed by atoms with Crippen LogP contribution >= 0.6 is 0 Å². The Balaban J connectivity index is 1.85. The third kappa shape index (κ3) is 1.33. The highest BCUT2D eigenvalue weighted by molar-refractivity contribution is 5.67. The lowest BCUT2D eigenvalue weighted by Crippen LogP contribution is -2.45. The molecular weight excluding hydrogens is 154 g/mol. The van der Waals surface area contributed by atoms with Crippen molar-refractivity contribution in [2.75, 3.05) is 6.54 Å². The minimum atomic E-state index is -0.654. The first-order valence-electron chi connectivity index (χ1n) is 4.67. The molecule has 1 unspecified atom stereocenters. The Bertz CT molecular complexity index is 199. The van der Waals surface area contributed by atoms with E-state index < -0.39 is 5.97 Å². The van der Waals surface area contributed by atoms with Crippen LogP contribution in [0.1, 0.15) is 32.1 Å². The fourth-order valence-electron chi connectivity index (χ4n) is 2.43. The van der Waals surface area contributed by atoms with Gasteiger partial charge in [-0.3, -0.25) is 4.79 Å². The monoisotopic (exact) mass is 169 g/mol. The van der Waals surface area contributed by atoms with Gasteiger partial charge in [-0.1, -0.05) is 0 Å². The molecule has 3 heteroatoms. The normalized spacial score (nSPS) is 31.8. The molecular formula is C9H15NO2. The molecule has 1 heterocycles. The lowest BCUT2D eigenvalue weighted by molar-refractivity contribution is -0.138. The van der Waals surface area contributed by atoms with Crippen LogP contribution in [0.5, 0.6) is 0 Å². The molecule has 12 heavy (non-hydrogen) atoms. The zero-order chi connectivity index (χ0) is 8.60. The highest BCUT2D eigenvalue weighted by Gasteiger charge is 2.43. The third-order valence-electron chi connectivity index (χ3n) is 3.22. The second kappa shape index (κ2) is 2.73. The van der Waals surface area contributed by atoms with Crippen LogP contribution in [0.2, 0.25) is 0 Å². The van der Waals surface area contributed by atoms with E-state index in [2.05, 4.69) is 5.32 Å². The highest BCUT2D eigenvalue weighted by Crippen LogP contribution is 2.41. The Kier molecular flexibility index (Phi) is 1.83. The predicted molar refractivity (Wildman–Crippen MR) is 44.9 cm³/mol. The molecule has 0 aromatic rings. The number of carboxylic acids is 1. The molecule has 1 aliphatic heterocycles. The van der Waals surface area contributed by atoms with Crippen molar-refractivity contribution >= 4 is 5.97 Å². The zero-order valence-electron chi connectivity index (χ0n) is 7.18. The molecule has 0 aromatic heterocycles. The smallest absolute Gasteiger partial charge is 0.303 e. The topological polar surface area (TPSA) is 49.3 Å². The molecule has 2 N–H and O–H groups in total. The second-order valence-electron chi connectivity index (χ2n) is 4.18. The quantitative estimate of drug-likeness (QED) is 0.648. The minimum Gasteiger partial charge on any atom is -0.481 e. The first kappa shape index (κ1) is 8.05. The summed E-state index contributed by atoms with van der Waals surface area (Å²) in [5, 5.41) is 12.1. The molecule has 2 fully saturated rings. The van der Waals surface area contributed by atoms with Crippen LogP contribution in [0, 0.1) is 5.92 Å². The maximum atomic E-state index is 10.4. The summed E-state index contributed by atoms with van der Waals surface area (Å²) in [4.78, 5) is 10.4. The third-order valence-corrected chi connectivity index (χ3v) is 3.22. The van der Waals surface area contributed by atoms with E-state index in [1.807, 2.05) is 0 Å². The van der Waals surface area contributed by atoms with Crippen LogP contribution < -0.4 is 5.32 Å². The van der Waals surface area contributed by atoms with Gasteiger partial charge in [-0.2, -0.15) is 0 Å². The second-order valence-corrected chi connectivity index (χ2v) is 4.18. The SMILES string of the molecule is O=C(O)CC1CNC2(CCC2)C1. The first-order chi connectivity index (χ1) is 5.70. The standard InChI is InChI=1S/C9H15NO2/c11-8(12)4-7-5-9(10-6-7)2-1-3-9/h7,10H,1-6H2,(H,11,12). The molecule has 0 radical (unpaired) electrons. The van der Waals surface area contributed by atoms with Gasteiger partial charge in [0.2, 0.25) is 0 Å². The van der Waals surface area contributed by atoms with E-state index in [1.54, 1.807) is 0 Å². The van der Waals surface area contributed by atoms with Gasteiger partial charge >= 0.3 is 5.97 Å². The molecule has 0 bridgehead atoms. The van der Waals surface area contributed by atoms with Crippen molar-refractivity contribution in [2.45, 2.75) is 37.6 Å². The van der Waals surface area contributed by atoms with Crippen LogP contribution in [0.25, 0.3) is 0 Å². The molecule has 1 spiro atoms. The Morgan fingerprint density at radius 3 is 2.75 bits per heavy atom. The molecule has 0 amide bonds. The summed E-state index contributed by atoms with van der Waals surface area (Å²) in [5.74, 6) is -0.277. The zero-order valence-corrected chi connectivity index (χ0v) is 7.18. The Hall–Kier alpha value is -0.570. The van der Waals surface area contributed by atoms with E-state index in [9.17, 15) is 4.79 Å². The van der Waals surface area contributed by atoms with Gasteiger partial charge in [0.05, 0.1) is 0 Å². The lowest BCUT2D eigenvalue weighted by atomic mass is 9.74. The maximum absolute atomic E-state index is 10.4. The average molecular weight is 169 g/mol. The summed E-state index contributed by atoms with van der Waals surface area (Å²) in [6, 6.07) is 0. The average Bonchev–Trinajstić information content (AvgIpc) is 2.29. The number of hydrogen-bond acceptors (Lipinski definition) is 2.